The molecule has 0 N–H and O–H groups in total. The largest absolute Gasteiger partial charge is 0.493 e. The number of aryl methyl sites for hydroxylation is 1. The molecule has 2 rings (SSSR count). The van der Waals surface area contributed by atoms with E-state index in [9.17, 15) is 13.2 Å². The quantitative estimate of drug-likeness (QED) is 0.851. The molecule has 0 unspecified atom stereocenters. The minimum atomic E-state index is -4.38. The van der Waals surface area contributed by atoms with Gasteiger partial charge in [0.25, 0.3) is 0 Å². The van der Waals surface area contributed by atoms with Crippen LogP contribution in [0.15, 0.2) is 24.7 Å². The van der Waals surface area contributed by atoms with E-state index in [0.717, 1.165) is 5.56 Å². The molecule has 0 aliphatic heterocycles. The maximum Gasteiger partial charge on any atom is 0.422 e. The van der Waals surface area contributed by atoms with Crippen LogP contribution in [-0.2, 0) is 6.54 Å². The molecule has 0 radical (unpaired) electrons. The lowest BCUT2D eigenvalue weighted by molar-refractivity contribution is -0.154. The first kappa shape index (κ1) is 15.1. The highest BCUT2D eigenvalue weighted by Gasteiger charge is 2.28. The van der Waals surface area contributed by atoms with E-state index in [0.29, 0.717) is 17.9 Å². The van der Waals surface area contributed by atoms with Crippen molar-refractivity contribution in [1.82, 2.24) is 14.8 Å². The van der Waals surface area contributed by atoms with Crippen LogP contribution in [-0.4, -0.2) is 34.7 Å². The Labute approximate surface area is 119 Å². The van der Waals surface area contributed by atoms with Gasteiger partial charge in [-0.05, 0) is 18.6 Å². The fourth-order valence-electron chi connectivity index (χ4n) is 1.73. The van der Waals surface area contributed by atoms with Crippen LogP contribution < -0.4 is 9.47 Å². The number of halogens is 3. The highest BCUT2D eigenvalue weighted by atomic mass is 19.4. The summed E-state index contributed by atoms with van der Waals surface area (Å²) >= 11 is 0. The first-order chi connectivity index (χ1) is 9.87. The van der Waals surface area contributed by atoms with Crippen LogP contribution in [0.4, 0.5) is 13.2 Å². The monoisotopic (exact) mass is 301 g/mol. The predicted molar refractivity (Wildman–Crippen MR) is 68.4 cm³/mol. The van der Waals surface area contributed by atoms with Gasteiger partial charge in [0.2, 0.25) is 5.88 Å². The SMILES string of the molecule is COc1cnn(Cc2cnc(OCC(F)(F)F)c(C)c2)c1. The number of nitrogens with zero attached hydrogens (tertiary/aromatic N) is 3. The Morgan fingerprint density at radius 1 is 1.29 bits per heavy atom. The number of rotatable bonds is 5. The number of pyridine rings is 1. The summed E-state index contributed by atoms with van der Waals surface area (Å²) in [6.45, 7) is 0.735. The van der Waals surface area contributed by atoms with Crippen LogP contribution >= 0.6 is 0 Å². The van der Waals surface area contributed by atoms with Gasteiger partial charge in [-0.15, -0.1) is 0 Å². The molecule has 2 aromatic rings. The molecule has 114 valence electrons. The van der Waals surface area contributed by atoms with Crippen molar-refractivity contribution < 1.29 is 22.6 Å². The van der Waals surface area contributed by atoms with Gasteiger partial charge < -0.3 is 9.47 Å². The zero-order valence-corrected chi connectivity index (χ0v) is 11.5. The summed E-state index contributed by atoms with van der Waals surface area (Å²) in [5.74, 6) is 0.610. The molecule has 0 aromatic carbocycles. The van der Waals surface area contributed by atoms with Crippen molar-refractivity contribution in [3.05, 3.63) is 35.8 Å². The third-order valence-electron chi connectivity index (χ3n) is 2.65. The molecule has 0 amide bonds. The summed E-state index contributed by atoms with van der Waals surface area (Å²) in [7, 11) is 1.54. The first-order valence-corrected chi connectivity index (χ1v) is 6.09. The summed E-state index contributed by atoms with van der Waals surface area (Å²) in [5, 5.41) is 4.09. The minimum Gasteiger partial charge on any atom is -0.493 e. The molecular formula is C13H14F3N3O2. The zero-order chi connectivity index (χ0) is 15.5. The van der Waals surface area contributed by atoms with Crippen LogP contribution in [0, 0.1) is 6.92 Å². The van der Waals surface area contributed by atoms with E-state index in [1.165, 1.54) is 6.20 Å². The number of hydrogen-bond donors (Lipinski definition) is 0. The fraction of sp³-hybridized carbons (Fsp3) is 0.385. The number of methoxy groups -OCH3 is 1. The standard InChI is InChI=1S/C13H14F3N3O2/c1-9-3-10(6-19-7-11(20-2)5-18-19)4-17-12(9)21-8-13(14,15)16/h3-5,7H,6,8H2,1-2H3. The first-order valence-electron chi connectivity index (χ1n) is 6.09. The highest BCUT2D eigenvalue weighted by molar-refractivity contribution is 5.29. The van der Waals surface area contributed by atoms with Crippen LogP contribution in [0.2, 0.25) is 0 Å². The van der Waals surface area contributed by atoms with Gasteiger partial charge in [-0.25, -0.2) is 4.98 Å². The van der Waals surface area contributed by atoms with Crippen molar-refractivity contribution in [2.75, 3.05) is 13.7 Å². The van der Waals surface area contributed by atoms with Gasteiger partial charge >= 0.3 is 6.18 Å². The van der Waals surface area contributed by atoms with E-state index in [4.69, 9.17) is 4.74 Å². The summed E-state index contributed by atoms with van der Waals surface area (Å²) in [5.41, 5.74) is 1.34. The van der Waals surface area contributed by atoms with Crippen molar-refractivity contribution in [3.63, 3.8) is 0 Å². The number of alkyl halides is 3. The predicted octanol–water partition coefficient (Wildman–Crippen LogP) is 2.58. The molecule has 2 aromatic heterocycles. The molecule has 0 saturated carbocycles. The van der Waals surface area contributed by atoms with E-state index < -0.39 is 12.8 Å². The zero-order valence-electron chi connectivity index (χ0n) is 11.5. The van der Waals surface area contributed by atoms with Gasteiger partial charge in [0.05, 0.1) is 26.0 Å². The fourth-order valence-corrected chi connectivity index (χ4v) is 1.73. The summed E-state index contributed by atoms with van der Waals surface area (Å²) in [6, 6.07) is 1.72. The Balaban J connectivity index is 2.04. The molecule has 0 aliphatic rings. The van der Waals surface area contributed by atoms with Gasteiger partial charge in [0, 0.05) is 11.8 Å². The molecule has 5 nitrogen and oxygen atoms in total. The average Bonchev–Trinajstić information content (AvgIpc) is 2.84. The minimum absolute atomic E-state index is 0.0193. The van der Waals surface area contributed by atoms with Gasteiger partial charge in [-0.1, -0.05) is 0 Å². The molecule has 0 aliphatic carbocycles. The van der Waals surface area contributed by atoms with Gasteiger partial charge in [-0.2, -0.15) is 18.3 Å². The van der Waals surface area contributed by atoms with Crippen molar-refractivity contribution in [2.24, 2.45) is 0 Å². The Morgan fingerprint density at radius 2 is 2.05 bits per heavy atom. The van der Waals surface area contributed by atoms with Crippen molar-refractivity contribution >= 4 is 0 Å². The third-order valence-corrected chi connectivity index (χ3v) is 2.65. The lowest BCUT2D eigenvalue weighted by Gasteiger charge is -2.11. The number of hydrogen-bond acceptors (Lipinski definition) is 4. The molecule has 21 heavy (non-hydrogen) atoms. The van der Waals surface area contributed by atoms with Crippen LogP contribution in [0.3, 0.4) is 0 Å². The maximum absolute atomic E-state index is 12.1. The summed E-state index contributed by atoms with van der Waals surface area (Å²) in [6.07, 6.45) is 0.371. The molecule has 0 bridgehead atoms. The molecule has 0 spiro atoms. The summed E-state index contributed by atoms with van der Waals surface area (Å²) in [4.78, 5) is 3.91. The smallest absolute Gasteiger partial charge is 0.422 e. The van der Waals surface area contributed by atoms with E-state index in [-0.39, 0.29) is 5.88 Å². The highest BCUT2D eigenvalue weighted by Crippen LogP contribution is 2.20. The topological polar surface area (TPSA) is 49.2 Å². The van der Waals surface area contributed by atoms with E-state index in [1.54, 1.807) is 37.2 Å². The van der Waals surface area contributed by atoms with Gasteiger partial charge in [0.1, 0.15) is 0 Å². The molecule has 8 heteroatoms. The number of aromatic nitrogens is 3. The maximum atomic E-state index is 12.1. The Morgan fingerprint density at radius 3 is 2.62 bits per heavy atom. The van der Waals surface area contributed by atoms with Gasteiger partial charge in [0.15, 0.2) is 12.4 Å². The lowest BCUT2D eigenvalue weighted by Crippen LogP contribution is -2.20. The lowest BCUT2D eigenvalue weighted by atomic mass is 10.2. The van der Waals surface area contributed by atoms with Crippen molar-refractivity contribution in [3.8, 4) is 11.6 Å². The number of ether oxygens (including phenoxy) is 2. The van der Waals surface area contributed by atoms with Gasteiger partial charge in [-0.3, -0.25) is 4.68 Å². The van der Waals surface area contributed by atoms with E-state index >= 15 is 0 Å². The normalized spacial score (nSPS) is 11.5. The molecule has 0 saturated heterocycles. The van der Waals surface area contributed by atoms with Crippen molar-refractivity contribution in [2.45, 2.75) is 19.6 Å². The molecule has 0 atom stereocenters. The summed E-state index contributed by atoms with van der Waals surface area (Å²) < 4.78 is 47.6. The molecular weight excluding hydrogens is 287 g/mol. The van der Waals surface area contributed by atoms with Crippen LogP contribution in [0.5, 0.6) is 11.6 Å². The molecule has 2 heterocycles. The van der Waals surface area contributed by atoms with Crippen molar-refractivity contribution in [1.29, 1.82) is 0 Å². The van der Waals surface area contributed by atoms with E-state index in [1.807, 2.05) is 0 Å². The van der Waals surface area contributed by atoms with E-state index in [2.05, 4.69) is 14.8 Å². The Kier molecular flexibility index (Phi) is 4.35. The third kappa shape index (κ3) is 4.37. The second kappa shape index (κ2) is 6.02. The average molecular weight is 301 g/mol. The second-order valence-corrected chi connectivity index (χ2v) is 4.45. The molecule has 0 fully saturated rings. The second-order valence-electron chi connectivity index (χ2n) is 4.45. The Hall–Kier alpha value is -2.25. The Bertz CT molecular complexity index is 611. The van der Waals surface area contributed by atoms with Crippen LogP contribution in [0.1, 0.15) is 11.1 Å². The van der Waals surface area contributed by atoms with Crippen LogP contribution in [0.25, 0.3) is 0 Å².